The first kappa shape index (κ1) is 29.2. The average molecular weight is 560 g/mol. The number of rotatable bonds is 9. The minimum absolute atomic E-state index is 0.0866. The second kappa shape index (κ2) is 12.7. The molecule has 0 aliphatic carbocycles. The molecule has 0 aromatic rings. The van der Waals surface area contributed by atoms with E-state index in [-0.39, 0.29) is 18.4 Å². The molecule has 0 bridgehead atoms. The molecule has 222 valence electrons. The van der Waals surface area contributed by atoms with E-state index >= 15 is 0 Å². The molecule has 5 atom stereocenters. The third-order valence-electron chi connectivity index (χ3n) is 9.31. The summed E-state index contributed by atoms with van der Waals surface area (Å²) in [5, 5.41) is 9.28. The van der Waals surface area contributed by atoms with Crippen molar-refractivity contribution >= 4 is 17.8 Å². The topological polar surface area (TPSA) is 109 Å². The summed E-state index contributed by atoms with van der Waals surface area (Å²) in [6.45, 7) is 7.49. The molecule has 5 heterocycles. The van der Waals surface area contributed by atoms with Crippen LogP contribution in [0.1, 0.15) is 51.9 Å². The SMILES string of the molecule is CC[C@@]12/C=C\CCCCOC(=O)[C@@H]1[C@H]1C(=O)N(CCCCCO)C3C(=O)N(CCN4CCOCC4)CC=C[C@@]31O2. The second-order valence-corrected chi connectivity index (χ2v) is 11.6. The van der Waals surface area contributed by atoms with Gasteiger partial charge in [0.2, 0.25) is 11.8 Å². The Morgan fingerprint density at radius 2 is 1.75 bits per heavy atom. The quantitative estimate of drug-likeness (QED) is 0.257. The molecule has 0 saturated carbocycles. The number of unbranched alkanes of at least 4 members (excludes halogenated alkanes) is 2. The maximum atomic E-state index is 14.4. The molecule has 3 fully saturated rings. The van der Waals surface area contributed by atoms with Crippen LogP contribution in [-0.4, -0.2) is 121 Å². The number of likely N-dealkylation sites (tertiary alicyclic amines) is 1. The van der Waals surface area contributed by atoms with E-state index < -0.39 is 35.0 Å². The number of esters is 1. The molecule has 0 aromatic carbocycles. The number of cyclic esters (lactones) is 1. The van der Waals surface area contributed by atoms with Crippen LogP contribution in [0.2, 0.25) is 0 Å². The van der Waals surface area contributed by atoms with Gasteiger partial charge in [-0.3, -0.25) is 19.3 Å². The fourth-order valence-corrected chi connectivity index (χ4v) is 7.18. The van der Waals surface area contributed by atoms with Crippen LogP contribution >= 0.6 is 0 Å². The zero-order valence-corrected chi connectivity index (χ0v) is 23.8. The number of morpholine rings is 1. The summed E-state index contributed by atoms with van der Waals surface area (Å²) < 4.78 is 18.2. The van der Waals surface area contributed by atoms with Crippen molar-refractivity contribution in [3.05, 3.63) is 24.3 Å². The molecule has 1 unspecified atom stereocenters. The van der Waals surface area contributed by atoms with Crippen molar-refractivity contribution in [2.45, 2.75) is 69.1 Å². The number of aliphatic hydroxyl groups excluding tert-OH is 1. The monoisotopic (exact) mass is 559 g/mol. The predicted octanol–water partition coefficient (Wildman–Crippen LogP) is 1.52. The summed E-state index contributed by atoms with van der Waals surface area (Å²) in [7, 11) is 0. The molecule has 1 spiro atoms. The number of nitrogens with zero attached hydrogens (tertiary/aromatic N) is 3. The summed E-state index contributed by atoms with van der Waals surface area (Å²) >= 11 is 0. The zero-order chi connectivity index (χ0) is 28.2. The highest BCUT2D eigenvalue weighted by Crippen LogP contribution is 2.58. The minimum atomic E-state index is -1.25. The molecule has 5 aliphatic rings. The van der Waals surface area contributed by atoms with E-state index in [0.717, 1.165) is 45.3 Å². The van der Waals surface area contributed by atoms with E-state index in [4.69, 9.17) is 14.2 Å². The van der Waals surface area contributed by atoms with Gasteiger partial charge >= 0.3 is 5.97 Å². The predicted molar refractivity (Wildman–Crippen MR) is 147 cm³/mol. The molecule has 10 heteroatoms. The van der Waals surface area contributed by atoms with E-state index in [9.17, 15) is 19.5 Å². The molecule has 10 nitrogen and oxygen atoms in total. The van der Waals surface area contributed by atoms with Gasteiger partial charge in [0.25, 0.3) is 0 Å². The van der Waals surface area contributed by atoms with Crippen LogP contribution < -0.4 is 0 Å². The number of hydrogen-bond acceptors (Lipinski definition) is 8. The Bertz CT molecular complexity index is 996. The van der Waals surface area contributed by atoms with Crippen molar-refractivity contribution in [1.29, 1.82) is 0 Å². The molecule has 5 rings (SSSR count). The van der Waals surface area contributed by atoms with Crippen LogP contribution in [0.15, 0.2) is 24.3 Å². The number of fused-ring (bicyclic) bond motifs is 2. The van der Waals surface area contributed by atoms with E-state index in [2.05, 4.69) is 11.0 Å². The van der Waals surface area contributed by atoms with Crippen LogP contribution in [0.4, 0.5) is 0 Å². The van der Waals surface area contributed by atoms with Crippen molar-refractivity contribution in [2.24, 2.45) is 11.8 Å². The van der Waals surface area contributed by atoms with Crippen LogP contribution in [0.25, 0.3) is 0 Å². The van der Waals surface area contributed by atoms with Crippen LogP contribution in [-0.2, 0) is 28.6 Å². The Morgan fingerprint density at radius 3 is 2.52 bits per heavy atom. The summed E-state index contributed by atoms with van der Waals surface area (Å²) in [6.07, 6.45) is 12.9. The lowest BCUT2D eigenvalue weighted by atomic mass is 9.73. The van der Waals surface area contributed by atoms with Gasteiger partial charge in [-0.05, 0) is 44.9 Å². The van der Waals surface area contributed by atoms with Crippen LogP contribution in [0.5, 0.6) is 0 Å². The van der Waals surface area contributed by atoms with Gasteiger partial charge in [-0.15, -0.1) is 0 Å². The number of allylic oxidation sites excluding steroid dienone is 1. The van der Waals surface area contributed by atoms with E-state index in [1.54, 1.807) is 4.90 Å². The Labute approximate surface area is 237 Å². The van der Waals surface area contributed by atoms with Gasteiger partial charge in [0.05, 0.1) is 25.7 Å². The van der Waals surface area contributed by atoms with Gasteiger partial charge < -0.3 is 29.1 Å². The number of carbonyl (C=O) groups excluding carboxylic acids is 3. The van der Waals surface area contributed by atoms with Crippen molar-refractivity contribution in [3.63, 3.8) is 0 Å². The third kappa shape index (κ3) is 5.35. The average Bonchev–Trinajstić information content (AvgIpc) is 3.32. The zero-order valence-electron chi connectivity index (χ0n) is 23.8. The maximum absolute atomic E-state index is 14.4. The van der Waals surface area contributed by atoms with Crippen LogP contribution in [0, 0.1) is 11.8 Å². The first-order valence-electron chi connectivity index (χ1n) is 15.2. The van der Waals surface area contributed by atoms with E-state index in [0.29, 0.717) is 58.7 Å². The molecule has 5 aliphatic heterocycles. The highest BCUT2D eigenvalue weighted by Gasteiger charge is 2.75. The van der Waals surface area contributed by atoms with Crippen LogP contribution in [0.3, 0.4) is 0 Å². The molecule has 40 heavy (non-hydrogen) atoms. The second-order valence-electron chi connectivity index (χ2n) is 11.6. The van der Waals surface area contributed by atoms with Gasteiger partial charge in [0, 0.05) is 45.9 Å². The summed E-state index contributed by atoms with van der Waals surface area (Å²) in [5.41, 5.74) is -2.28. The van der Waals surface area contributed by atoms with Gasteiger partial charge in [-0.1, -0.05) is 31.2 Å². The normalized spacial score (nSPS) is 35.6. The van der Waals surface area contributed by atoms with E-state index in [1.165, 1.54) is 0 Å². The summed E-state index contributed by atoms with van der Waals surface area (Å²) in [6, 6.07) is -0.857. The lowest BCUT2D eigenvalue weighted by molar-refractivity contribution is -0.161. The molecular formula is C30H45N3O7. The number of ether oxygens (including phenoxy) is 3. The Hall–Kier alpha value is -2.27. The van der Waals surface area contributed by atoms with Gasteiger partial charge in [0.15, 0.2) is 0 Å². The summed E-state index contributed by atoms with van der Waals surface area (Å²) in [4.78, 5) is 48.2. The highest BCUT2D eigenvalue weighted by molar-refractivity contribution is 5.99. The van der Waals surface area contributed by atoms with Crippen molar-refractivity contribution in [3.8, 4) is 0 Å². The summed E-state index contributed by atoms with van der Waals surface area (Å²) in [5.74, 6) is -2.44. The molecule has 1 N–H and O–H groups in total. The largest absolute Gasteiger partial charge is 0.465 e. The van der Waals surface area contributed by atoms with Crippen molar-refractivity contribution < 1.29 is 33.7 Å². The van der Waals surface area contributed by atoms with Gasteiger partial charge in [-0.25, -0.2) is 0 Å². The number of carbonyl (C=O) groups is 3. The van der Waals surface area contributed by atoms with Gasteiger partial charge in [0.1, 0.15) is 23.2 Å². The lowest BCUT2D eigenvalue weighted by Gasteiger charge is -2.39. The number of aliphatic hydroxyl groups is 1. The standard InChI is InChI=1S/C30H45N3O7/c1-2-29-11-6-3-4-9-20-39-28(37)24(29)23-26(35)33(14-7-5-8-19-34)25-27(36)32(13-10-12-30(23,25)40-29)16-15-31-17-21-38-22-18-31/h6,10-12,23-25,34H,2-5,7-9,13-22H2,1H3/b11-6-/t23-,24-,25?,29+,30-/m0/s1. The number of amides is 2. The Morgan fingerprint density at radius 1 is 0.925 bits per heavy atom. The Kier molecular flexibility index (Phi) is 9.29. The lowest BCUT2D eigenvalue weighted by Crippen LogP contribution is -2.57. The Balaban J connectivity index is 1.50. The van der Waals surface area contributed by atoms with E-state index in [1.807, 2.05) is 30.1 Å². The smallest absolute Gasteiger partial charge is 0.313 e. The molecule has 0 radical (unpaired) electrons. The fourth-order valence-electron chi connectivity index (χ4n) is 7.18. The maximum Gasteiger partial charge on any atom is 0.313 e. The molecule has 2 amide bonds. The fraction of sp³-hybridized carbons (Fsp3) is 0.767. The van der Waals surface area contributed by atoms with Gasteiger partial charge in [-0.2, -0.15) is 0 Å². The number of hydrogen-bond donors (Lipinski definition) is 1. The highest BCUT2D eigenvalue weighted by atomic mass is 16.6. The molecule has 0 aromatic heterocycles. The van der Waals surface area contributed by atoms with Crippen molar-refractivity contribution in [1.82, 2.24) is 14.7 Å². The first-order valence-corrected chi connectivity index (χ1v) is 15.2. The van der Waals surface area contributed by atoms with Crippen molar-refractivity contribution in [2.75, 3.05) is 65.7 Å². The third-order valence-corrected chi connectivity index (χ3v) is 9.31. The first-order chi connectivity index (χ1) is 19.5. The molecular weight excluding hydrogens is 514 g/mol. The molecule has 3 saturated heterocycles. The minimum Gasteiger partial charge on any atom is -0.465 e.